The molecule has 0 bridgehead atoms. The van der Waals surface area contributed by atoms with Gasteiger partial charge in [-0.05, 0) is 18.6 Å². The second-order valence-electron chi connectivity index (χ2n) is 5.35. The Kier molecular flexibility index (Phi) is 3.85. The summed E-state index contributed by atoms with van der Waals surface area (Å²) in [6, 6.07) is 8.48. The summed E-state index contributed by atoms with van der Waals surface area (Å²) in [4.78, 5) is 9.25. The van der Waals surface area contributed by atoms with E-state index in [0.29, 0.717) is 0 Å². The third-order valence-electron chi connectivity index (χ3n) is 4.08. The van der Waals surface area contributed by atoms with Crippen molar-refractivity contribution in [3.63, 3.8) is 0 Å². The van der Waals surface area contributed by atoms with Crippen LogP contribution in [0.15, 0.2) is 30.5 Å². The molecule has 0 saturated carbocycles. The molecule has 0 amide bonds. The molecule has 0 unspecified atom stereocenters. The summed E-state index contributed by atoms with van der Waals surface area (Å²) >= 11 is 0. The average Bonchev–Trinajstić information content (AvgIpc) is 2.48. The molecule has 4 heteroatoms. The van der Waals surface area contributed by atoms with Gasteiger partial charge in [0, 0.05) is 50.0 Å². The van der Waals surface area contributed by atoms with E-state index in [1.165, 1.54) is 16.6 Å². The maximum atomic E-state index is 9.01. The van der Waals surface area contributed by atoms with Crippen molar-refractivity contribution in [1.82, 2.24) is 9.88 Å². The van der Waals surface area contributed by atoms with E-state index >= 15 is 0 Å². The van der Waals surface area contributed by atoms with Crippen LogP contribution in [0.25, 0.3) is 10.9 Å². The number of hydrogen-bond donors (Lipinski definition) is 1. The third kappa shape index (κ3) is 2.49. The number of β-amino-alcohol motifs (C(OH)–C–C–N with tert-alkyl or cyclic N) is 1. The Morgan fingerprint density at radius 2 is 1.95 bits per heavy atom. The maximum Gasteiger partial charge on any atom is 0.0751 e. The normalized spacial score (nSPS) is 16.8. The molecule has 4 nitrogen and oxygen atoms in total. The Labute approximate surface area is 119 Å². The van der Waals surface area contributed by atoms with E-state index in [4.69, 9.17) is 5.11 Å². The van der Waals surface area contributed by atoms with Crippen LogP contribution in [0.4, 0.5) is 5.69 Å². The molecule has 0 spiro atoms. The summed E-state index contributed by atoms with van der Waals surface area (Å²) in [6.45, 7) is 7.17. The van der Waals surface area contributed by atoms with Crippen LogP contribution in [-0.2, 0) is 0 Å². The molecule has 2 aromatic rings. The van der Waals surface area contributed by atoms with E-state index in [1.54, 1.807) is 0 Å². The predicted octanol–water partition coefficient (Wildman–Crippen LogP) is 1.66. The van der Waals surface area contributed by atoms with Crippen LogP contribution < -0.4 is 4.90 Å². The third-order valence-corrected chi connectivity index (χ3v) is 4.08. The molecule has 106 valence electrons. The summed E-state index contributed by atoms with van der Waals surface area (Å²) in [5, 5.41) is 10.2. The van der Waals surface area contributed by atoms with Crippen LogP contribution in [0.5, 0.6) is 0 Å². The van der Waals surface area contributed by atoms with Crippen molar-refractivity contribution in [2.75, 3.05) is 44.2 Å². The van der Waals surface area contributed by atoms with Gasteiger partial charge >= 0.3 is 0 Å². The molecule has 1 saturated heterocycles. The topological polar surface area (TPSA) is 39.6 Å². The lowest BCUT2D eigenvalue weighted by Crippen LogP contribution is -2.47. The first-order valence-corrected chi connectivity index (χ1v) is 7.22. The number of aromatic nitrogens is 1. The summed E-state index contributed by atoms with van der Waals surface area (Å²) in [6.07, 6.45) is 1.91. The predicted molar refractivity (Wildman–Crippen MR) is 82.2 cm³/mol. The molecule has 0 radical (unpaired) electrons. The molecule has 1 fully saturated rings. The molecule has 1 aliphatic heterocycles. The first-order valence-electron chi connectivity index (χ1n) is 7.22. The fourth-order valence-electron chi connectivity index (χ4n) is 2.94. The zero-order chi connectivity index (χ0) is 13.9. The van der Waals surface area contributed by atoms with Crippen molar-refractivity contribution in [2.24, 2.45) is 0 Å². The number of anilines is 1. The van der Waals surface area contributed by atoms with Crippen LogP contribution in [0.3, 0.4) is 0 Å². The first-order chi connectivity index (χ1) is 9.79. The zero-order valence-corrected chi connectivity index (χ0v) is 11.9. The minimum absolute atomic E-state index is 0.247. The van der Waals surface area contributed by atoms with Gasteiger partial charge in [-0.3, -0.25) is 9.88 Å². The van der Waals surface area contributed by atoms with Crippen molar-refractivity contribution in [3.8, 4) is 0 Å². The van der Waals surface area contributed by atoms with Gasteiger partial charge in [0.1, 0.15) is 0 Å². The summed E-state index contributed by atoms with van der Waals surface area (Å²) in [5.74, 6) is 0. The number of rotatable bonds is 3. The number of para-hydroxylation sites is 1. The molecule has 0 aliphatic carbocycles. The maximum absolute atomic E-state index is 9.01. The number of pyridine rings is 1. The van der Waals surface area contributed by atoms with Crippen LogP contribution in [0, 0.1) is 6.92 Å². The lowest BCUT2D eigenvalue weighted by molar-refractivity contribution is 0.189. The molecule has 1 N–H and O–H groups in total. The molecule has 1 aromatic carbocycles. The number of benzene rings is 1. The fraction of sp³-hybridized carbons (Fsp3) is 0.438. The van der Waals surface area contributed by atoms with Crippen molar-refractivity contribution >= 4 is 16.6 Å². The number of aryl methyl sites for hydroxylation is 1. The molecule has 1 aromatic heterocycles. The minimum Gasteiger partial charge on any atom is -0.395 e. The van der Waals surface area contributed by atoms with Crippen LogP contribution >= 0.6 is 0 Å². The monoisotopic (exact) mass is 271 g/mol. The largest absolute Gasteiger partial charge is 0.395 e. The van der Waals surface area contributed by atoms with Crippen molar-refractivity contribution in [2.45, 2.75) is 6.92 Å². The molecule has 0 atom stereocenters. The van der Waals surface area contributed by atoms with E-state index < -0.39 is 0 Å². The quantitative estimate of drug-likeness (QED) is 0.921. The second-order valence-corrected chi connectivity index (χ2v) is 5.35. The average molecular weight is 271 g/mol. The lowest BCUT2D eigenvalue weighted by atomic mass is 10.1. The lowest BCUT2D eigenvalue weighted by Gasteiger charge is -2.36. The molecule has 2 heterocycles. The van der Waals surface area contributed by atoms with E-state index in [-0.39, 0.29) is 6.61 Å². The number of fused-ring (bicyclic) bond motifs is 1. The highest BCUT2D eigenvalue weighted by atomic mass is 16.3. The van der Waals surface area contributed by atoms with Gasteiger partial charge in [0.15, 0.2) is 0 Å². The standard InChI is InChI=1S/C16H21N3O/c1-13-3-2-4-14-15(5-6-17-16(13)14)19-9-7-18(8-10-19)11-12-20/h2-6,20H,7-12H2,1H3. The van der Waals surface area contributed by atoms with E-state index in [1.807, 2.05) is 6.20 Å². The number of hydrogen-bond acceptors (Lipinski definition) is 4. The van der Waals surface area contributed by atoms with Gasteiger partial charge in [0.05, 0.1) is 12.1 Å². The molecule has 1 aliphatic rings. The SMILES string of the molecule is Cc1cccc2c(N3CCN(CCO)CC3)ccnc12. The van der Waals surface area contributed by atoms with Crippen molar-refractivity contribution < 1.29 is 5.11 Å². The van der Waals surface area contributed by atoms with Gasteiger partial charge in [0.25, 0.3) is 0 Å². The van der Waals surface area contributed by atoms with Gasteiger partial charge in [-0.25, -0.2) is 0 Å². The Balaban J connectivity index is 1.86. The molecular formula is C16H21N3O. The van der Waals surface area contributed by atoms with Gasteiger partial charge in [-0.1, -0.05) is 18.2 Å². The van der Waals surface area contributed by atoms with E-state index in [0.717, 1.165) is 38.2 Å². The van der Waals surface area contributed by atoms with E-state index in [2.05, 4.69) is 46.0 Å². The number of piperazine rings is 1. The number of nitrogens with zero attached hydrogens (tertiary/aromatic N) is 3. The highest BCUT2D eigenvalue weighted by Crippen LogP contribution is 2.27. The highest BCUT2D eigenvalue weighted by molar-refractivity contribution is 5.93. The second kappa shape index (κ2) is 5.77. The summed E-state index contributed by atoms with van der Waals surface area (Å²) < 4.78 is 0. The Morgan fingerprint density at radius 3 is 2.70 bits per heavy atom. The summed E-state index contributed by atoms with van der Waals surface area (Å²) in [7, 11) is 0. The van der Waals surface area contributed by atoms with Gasteiger partial charge < -0.3 is 10.0 Å². The number of aliphatic hydroxyl groups is 1. The molecular weight excluding hydrogens is 250 g/mol. The van der Waals surface area contributed by atoms with Gasteiger partial charge in [-0.2, -0.15) is 0 Å². The molecule has 20 heavy (non-hydrogen) atoms. The fourth-order valence-corrected chi connectivity index (χ4v) is 2.94. The Bertz CT molecular complexity index is 591. The van der Waals surface area contributed by atoms with E-state index in [9.17, 15) is 0 Å². The van der Waals surface area contributed by atoms with Gasteiger partial charge in [0.2, 0.25) is 0 Å². The van der Waals surface area contributed by atoms with Gasteiger partial charge in [-0.15, -0.1) is 0 Å². The Morgan fingerprint density at radius 1 is 1.15 bits per heavy atom. The first kappa shape index (κ1) is 13.3. The van der Waals surface area contributed by atoms with Crippen molar-refractivity contribution in [1.29, 1.82) is 0 Å². The Hall–Kier alpha value is -1.65. The zero-order valence-electron chi connectivity index (χ0n) is 11.9. The van der Waals surface area contributed by atoms with Crippen LogP contribution in [-0.4, -0.2) is 54.3 Å². The smallest absolute Gasteiger partial charge is 0.0751 e. The van der Waals surface area contributed by atoms with Crippen molar-refractivity contribution in [3.05, 3.63) is 36.0 Å². The van der Waals surface area contributed by atoms with Crippen LogP contribution in [0.2, 0.25) is 0 Å². The molecule has 3 rings (SSSR count). The minimum atomic E-state index is 0.247. The van der Waals surface area contributed by atoms with Crippen LogP contribution in [0.1, 0.15) is 5.56 Å². The summed E-state index contributed by atoms with van der Waals surface area (Å²) in [5.41, 5.74) is 3.61. The number of aliphatic hydroxyl groups excluding tert-OH is 1. The highest BCUT2D eigenvalue weighted by Gasteiger charge is 2.18.